The number of rotatable bonds is 3. The van der Waals surface area contributed by atoms with Crippen molar-refractivity contribution in [2.45, 2.75) is 13.3 Å². The molecular formula is C15H11BrF2O. The van der Waals surface area contributed by atoms with Gasteiger partial charge in [-0.05, 0) is 54.4 Å². The van der Waals surface area contributed by atoms with Gasteiger partial charge in [0, 0.05) is 16.5 Å². The summed E-state index contributed by atoms with van der Waals surface area (Å²) in [7, 11) is 0. The van der Waals surface area contributed by atoms with Crippen LogP contribution >= 0.6 is 15.9 Å². The first-order valence-electron chi connectivity index (χ1n) is 5.70. The number of hydrogen-bond acceptors (Lipinski definition) is 1. The molecule has 2 aromatic rings. The molecule has 0 amide bonds. The van der Waals surface area contributed by atoms with Crippen molar-refractivity contribution in [2.75, 3.05) is 0 Å². The second-order valence-corrected chi connectivity index (χ2v) is 5.27. The summed E-state index contributed by atoms with van der Waals surface area (Å²) in [5, 5.41) is 0. The Balaban J connectivity index is 2.28. The van der Waals surface area contributed by atoms with Crippen molar-refractivity contribution in [1.82, 2.24) is 0 Å². The molecule has 0 aliphatic heterocycles. The molecule has 19 heavy (non-hydrogen) atoms. The van der Waals surface area contributed by atoms with Crippen LogP contribution in [-0.4, -0.2) is 5.78 Å². The quantitative estimate of drug-likeness (QED) is 0.762. The third-order valence-corrected chi connectivity index (χ3v) is 3.22. The van der Waals surface area contributed by atoms with E-state index in [1.165, 1.54) is 18.2 Å². The van der Waals surface area contributed by atoms with Crippen LogP contribution in [0.3, 0.4) is 0 Å². The van der Waals surface area contributed by atoms with Gasteiger partial charge < -0.3 is 0 Å². The Morgan fingerprint density at radius 1 is 1.16 bits per heavy atom. The molecule has 0 N–H and O–H groups in total. The van der Waals surface area contributed by atoms with Gasteiger partial charge in [-0.15, -0.1) is 0 Å². The van der Waals surface area contributed by atoms with Crippen molar-refractivity contribution in [2.24, 2.45) is 0 Å². The van der Waals surface area contributed by atoms with Crippen LogP contribution in [0.2, 0.25) is 0 Å². The molecule has 98 valence electrons. The molecule has 0 saturated heterocycles. The van der Waals surface area contributed by atoms with Crippen LogP contribution in [0.1, 0.15) is 21.5 Å². The maximum atomic E-state index is 13.6. The highest BCUT2D eigenvalue weighted by Crippen LogP contribution is 2.18. The number of Topliss-reactive ketones (excluding diaryl/α,β-unsaturated/α-hetero) is 1. The van der Waals surface area contributed by atoms with Crippen LogP contribution in [0.15, 0.2) is 40.9 Å². The molecule has 0 atom stereocenters. The minimum absolute atomic E-state index is 0.0891. The summed E-state index contributed by atoms with van der Waals surface area (Å²) >= 11 is 3.23. The number of ketones is 1. The van der Waals surface area contributed by atoms with Gasteiger partial charge in [-0.25, -0.2) is 8.78 Å². The third-order valence-electron chi connectivity index (χ3n) is 2.72. The Hall–Kier alpha value is -1.55. The Bertz CT molecular complexity index is 618. The molecule has 4 heteroatoms. The predicted octanol–water partition coefficient (Wildman–Crippen LogP) is 4.46. The molecule has 0 aromatic heterocycles. The van der Waals surface area contributed by atoms with Crippen LogP contribution < -0.4 is 0 Å². The highest BCUT2D eigenvalue weighted by Gasteiger charge is 2.12. The Morgan fingerprint density at radius 3 is 2.58 bits per heavy atom. The second-order valence-electron chi connectivity index (χ2n) is 4.35. The van der Waals surface area contributed by atoms with E-state index in [-0.39, 0.29) is 17.8 Å². The summed E-state index contributed by atoms with van der Waals surface area (Å²) in [5.74, 6) is -1.21. The van der Waals surface area contributed by atoms with Crippen LogP contribution in [-0.2, 0) is 6.42 Å². The van der Waals surface area contributed by atoms with Gasteiger partial charge in [0.2, 0.25) is 0 Å². The van der Waals surface area contributed by atoms with E-state index in [0.29, 0.717) is 15.6 Å². The second kappa shape index (κ2) is 5.61. The lowest BCUT2D eigenvalue weighted by Gasteiger charge is -2.05. The topological polar surface area (TPSA) is 17.1 Å². The maximum absolute atomic E-state index is 13.6. The maximum Gasteiger partial charge on any atom is 0.167 e. The molecule has 0 fully saturated rings. The van der Waals surface area contributed by atoms with Crippen LogP contribution in [0.4, 0.5) is 8.78 Å². The predicted molar refractivity (Wildman–Crippen MR) is 73.3 cm³/mol. The summed E-state index contributed by atoms with van der Waals surface area (Å²) in [6, 6.07) is 8.53. The van der Waals surface area contributed by atoms with Crippen molar-refractivity contribution in [3.8, 4) is 0 Å². The zero-order chi connectivity index (χ0) is 14.0. The standard InChI is InChI=1S/C15H11BrF2O/c1-9-4-11(7-13(17)5-9)15(19)8-10-6-12(16)2-3-14(10)18/h2-7H,8H2,1H3. The summed E-state index contributed by atoms with van der Waals surface area (Å²) in [5.41, 5.74) is 1.22. The van der Waals surface area contributed by atoms with Gasteiger partial charge in [0.25, 0.3) is 0 Å². The Labute approximate surface area is 118 Å². The van der Waals surface area contributed by atoms with Gasteiger partial charge in [0.1, 0.15) is 11.6 Å². The summed E-state index contributed by atoms with van der Waals surface area (Å²) in [4.78, 5) is 12.0. The molecule has 2 rings (SSSR count). The smallest absolute Gasteiger partial charge is 0.167 e. The first-order valence-corrected chi connectivity index (χ1v) is 6.49. The first kappa shape index (κ1) is 13.9. The SMILES string of the molecule is Cc1cc(F)cc(C(=O)Cc2cc(Br)ccc2F)c1. The highest BCUT2D eigenvalue weighted by molar-refractivity contribution is 9.10. The summed E-state index contributed by atoms with van der Waals surface area (Å²) < 4.78 is 27.5. The van der Waals surface area contributed by atoms with Gasteiger partial charge in [-0.3, -0.25) is 4.79 Å². The van der Waals surface area contributed by atoms with Crippen LogP contribution in [0.5, 0.6) is 0 Å². The lowest BCUT2D eigenvalue weighted by atomic mass is 10.0. The van der Waals surface area contributed by atoms with Gasteiger partial charge in [-0.1, -0.05) is 15.9 Å². The highest BCUT2D eigenvalue weighted by atomic mass is 79.9. The molecule has 0 aliphatic rings. The fourth-order valence-electron chi connectivity index (χ4n) is 1.85. The summed E-state index contributed by atoms with van der Waals surface area (Å²) in [6.45, 7) is 1.71. The average molecular weight is 325 g/mol. The van der Waals surface area contributed by atoms with Crippen LogP contribution in [0, 0.1) is 18.6 Å². The van der Waals surface area contributed by atoms with Crippen molar-refractivity contribution >= 4 is 21.7 Å². The van der Waals surface area contributed by atoms with Gasteiger partial charge in [0.15, 0.2) is 5.78 Å². The van der Waals surface area contributed by atoms with E-state index in [4.69, 9.17) is 0 Å². The number of aryl methyl sites for hydroxylation is 1. The fourth-order valence-corrected chi connectivity index (χ4v) is 2.26. The van der Waals surface area contributed by atoms with E-state index in [1.54, 1.807) is 25.1 Å². The Morgan fingerprint density at radius 2 is 1.89 bits per heavy atom. The fraction of sp³-hybridized carbons (Fsp3) is 0.133. The molecule has 0 heterocycles. The van der Waals surface area contributed by atoms with E-state index in [0.717, 1.165) is 0 Å². The molecule has 1 nitrogen and oxygen atoms in total. The zero-order valence-corrected chi connectivity index (χ0v) is 11.8. The molecule has 0 spiro atoms. The minimum atomic E-state index is -0.460. The number of hydrogen-bond donors (Lipinski definition) is 0. The number of carbonyl (C=O) groups excluding carboxylic acids is 1. The molecule has 0 aliphatic carbocycles. The molecule has 2 aromatic carbocycles. The zero-order valence-electron chi connectivity index (χ0n) is 10.2. The van der Waals surface area contributed by atoms with Gasteiger partial charge >= 0.3 is 0 Å². The molecular weight excluding hydrogens is 314 g/mol. The molecule has 0 unspecified atom stereocenters. The normalized spacial score (nSPS) is 10.5. The van der Waals surface area contributed by atoms with E-state index in [2.05, 4.69) is 15.9 Å². The van der Waals surface area contributed by atoms with Crippen molar-refractivity contribution < 1.29 is 13.6 Å². The third kappa shape index (κ3) is 3.47. The minimum Gasteiger partial charge on any atom is -0.294 e. The first-order chi connectivity index (χ1) is 8.95. The molecule has 0 bridgehead atoms. The van der Waals surface area contributed by atoms with E-state index in [1.807, 2.05) is 0 Å². The lowest BCUT2D eigenvalue weighted by Crippen LogP contribution is -2.06. The van der Waals surface area contributed by atoms with Crippen LogP contribution in [0.25, 0.3) is 0 Å². The lowest BCUT2D eigenvalue weighted by molar-refractivity contribution is 0.0991. The molecule has 0 saturated carbocycles. The van der Waals surface area contributed by atoms with E-state index < -0.39 is 11.6 Å². The van der Waals surface area contributed by atoms with Gasteiger partial charge in [-0.2, -0.15) is 0 Å². The largest absolute Gasteiger partial charge is 0.294 e. The van der Waals surface area contributed by atoms with Crippen molar-refractivity contribution in [3.05, 3.63) is 69.2 Å². The monoisotopic (exact) mass is 324 g/mol. The Kier molecular flexibility index (Phi) is 4.10. The van der Waals surface area contributed by atoms with Gasteiger partial charge in [0.05, 0.1) is 0 Å². The number of carbonyl (C=O) groups is 1. The van der Waals surface area contributed by atoms with Crippen molar-refractivity contribution in [3.63, 3.8) is 0 Å². The van der Waals surface area contributed by atoms with Crippen molar-refractivity contribution in [1.29, 1.82) is 0 Å². The number of halogens is 3. The summed E-state index contributed by atoms with van der Waals surface area (Å²) in [6.07, 6.45) is -0.0891. The molecule has 0 radical (unpaired) electrons. The average Bonchev–Trinajstić information content (AvgIpc) is 2.32. The van der Waals surface area contributed by atoms with E-state index in [9.17, 15) is 13.6 Å². The number of benzene rings is 2. The van der Waals surface area contributed by atoms with E-state index >= 15 is 0 Å².